The molecule has 0 aliphatic heterocycles. The summed E-state index contributed by atoms with van der Waals surface area (Å²) in [4.78, 5) is 13.8. The normalized spacial score (nSPS) is 11.5. The summed E-state index contributed by atoms with van der Waals surface area (Å²) in [7, 11) is 8.53. The minimum Gasteiger partial charge on any atom is -0.493 e. The van der Waals surface area contributed by atoms with Crippen LogP contribution in [0.3, 0.4) is 0 Å². The molecule has 0 bridgehead atoms. The van der Waals surface area contributed by atoms with E-state index in [1.165, 1.54) is 7.11 Å². The molecule has 0 aliphatic rings. The van der Waals surface area contributed by atoms with Gasteiger partial charge in [-0.05, 0) is 44.8 Å². The maximum Gasteiger partial charge on any atom is 0.225 e. The van der Waals surface area contributed by atoms with E-state index in [-0.39, 0.29) is 18.3 Å². The van der Waals surface area contributed by atoms with Crippen LogP contribution in [0.15, 0.2) is 12.1 Å². The molecule has 0 saturated carbocycles. The average Bonchev–Trinajstić information content (AvgIpc) is 2.45. The zero-order valence-corrected chi connectivity index (χ0v) is 14.5. The lowest BCUT2D eigenvalue weighted by molar-refractivity contribution is -0.119. The predicted molar refractivity (Wildman–Crippen MR) is 88.5 cm³/mol. The van der Waals surface area contributed by atoms with Crippen LogP contribution in [0.4, 0.5) is 0 Å². The van der Waals surface area contributed by atoms with Gasteiger partial charge in [0.25, 0.3) is 0 Å². The van der Waals surface area contributed by atoms with Crippen LogP contribution >= 0.6 is 12.4 Å². The molecule has 126 valence electrons. The van der Waals surface area contributed by atoms with Crippen molar-refractivity contribution >= 4 is 18.3 Å². The van der Waals surface area contributed by atoms with E-state index < -0.39 is 5.92 Å². The number of carbonyl (C=O) groups is 1. The van der Waals surface area contributed by atoms with Crippen LogP contribution in [0, 0.1) is 0 Å². The Kier molecular flexibility index (Phi) is 8.67. The van der Waals surface area contributed by atoms with Crippen molar-refractivity contribution in [3.05, 3.63) is 17.7 Å². The van der Waals surface area contributed by atoms with Crippen LogP contribution < -0.4 is 19.9 Å². The third-order valence-electron chi connectivity index (χ3n) is 3.30. The summed E-state index contributed by atoms with van der Waals surface area (Å²) in [5.74, 6) is 0.762. The number of amides is 1. The summed E-state index contributed by atoms with van der Waals surface area (Å²) < 4.78 is 15.9. The second kappa shape index (κ2) is 9.38. The van der Waals surface area contributed by atoms with Crippen molar-refractivity contribution < 1.29 is 19.0 Å². The standard InChI is InChI=1S/C15H24N2O4.ClH/c1-17(2)7-6-11(15(16)18)10-8-12(19-3)14(21-5)13(9-10)20-4;/h8-9,11H,6-7H2,1-5H3,(H2,16,18);1H. The molecule has 6 nitrogen and oxygen atoms in total. The van der Waals surface area contributed by atoms with Gasteiger partial charge in [-0.25, -0.2) is 0 Å². The Morgan fingerprint density at radius 2 is 1.64 bits per heavy atom. The molecule has 0 heterocycles. The lowest BCUT2D eigenvalue weighted by atomic mass is 9.94. The predicted octanol–water partition coefficient (Wildman–Crippen LogP) is 1.65. The van der Waals surface area contributed by atoms with Gasteiger partial charge in [0, 0.05) is 0 Å². The molecule has 0 fully saturated rings. The molecule has 22 heavy (non-hydrogen) atoms. The zero-order chi connectivity index (χ0) is 16.0. The highest BCUT2D eigenvalue weighted by Gasteiger charge is 2.22. The van der Waals surface area contributed by atoms with E-state index in [1.807, 2.05) is 19.0 Å². The first kappa shape index (κ1) is 20.3. The highest BCUT2D eigenvalue weighted by Crippen LogP contribution is 2.40. The number of halogens is 1. The number of nitrogens with two attached hydrogens (primary N) is 1. The van der Waals surface area contributed by atoms with Crippen LogP contribution in [0.2, 0.25) is 0 Å². The molecule has 1 amide bonds. The van der Waals surface area contributed by atoms with Gasteiger partial charge in [-0.15, -0.1) is 12.4 Å². The number of rotatable bonds is 8. The summed E-state index contributed by atoms with van der Waals surface area (Å²) in [6, 6.07) is 3.54. The zero-order valence-electron chi connectivity index (χ0n) is 13.7. The lowest BCUT2D eigenvalue weighted by Gasteiger charge is -2.20. The molecule has 1 rings (SSSR count). The number of hydrogen-bond donors (Lipinski definition) is 1. The highest BCUT2D eigenvalue weighted by atomic mass is 35.5. The van der Waals surface area contributed by atoms with Crippen molar-refractivity contribution in [1.82, 2.24) is 4.90 Å². The fourth-order valence-corrected chi connectivity index (χ4v) is 2.16. The van der Waals surface area contributed by atoms with Crippen molar-refractivity contribution in [2.24, 2.45) is 5.73 Å². The maximum atomic E-state index is 11.8. The fraction of sp³-hybridized carbons (Fsp3) is 0.533. The van der Waals surface area contributed by atoms with Crippen molar-refractivity contribution in [3.63, 3.8) is 0 Å². The van der Waals surface area contributed by atoms with Crippen LogP contribution in [-0.2, 0) is 4.79 Å². The summed E-state index contributed by atoms with van der Waals surface area (Å²) >= 11 is 0. The number of ether oxygens (including phenoxy) is 3. The molecule has 1 atom stereocenters. The monoisotopic (exact) mass is 332 g/mol. The molecule has 1 aromatic carbocycles. The Morgan fingerprint density at radius 3 is 1.95 bits per heavy atom. The number of methoxy groups -OCH3 is 3. The van der Waals surface area contributed by atoms with Gasteiger partial charge in [0.2, 0.25) is 11.7 Å². The smallest absolute Gasteiger partial charge is 0.225 e. The number of carbonyl (C=O) groups excluding carboxylic acids is 1. The molecule has 1 unspecified atom stereocenters. The number of hydrogen-bond acceptors (Lipinski definition) is 5. The van der Waals surface area contributed by atoms with Crippen molar-refractivity contribution in [1.29, 1.82) is 0 Å². The number of nitrogens with zero attached hydrogens (tertiary/aromatic N) is 1. The first-order valence-corrected chi connectivity index (χ1v) is 6.68. The minimum atomic E-state index is -0.402. The first-order chi connectivity index (χ1) is 9.94. The summed E-state index contributed by atoms with van der Waals surface area (Å²) in [6.45, 7) is 0.754. The van der Waals surface area contributed by atoms with Crippen LogP contribution in [0.1, 0.15) is 17.9 Å². The lowest BCUT2D eigenvalue weighted by Crippen LogP contribution is -2.25. The van der Waals surface area contributed by atoms with E-state index in [0.29, 0.717) is 23.7 Å². The Balaban J connectivity index is 0.00000441. The molecule has 0 saturated heterocycles. The number of primary amides is 1. The molecular weight excluding hydrogens is 308 g/mol. The van der Waals surface area contributed by atoms with Gasteiger partial charge in [0.15, 0.2) is 11.5 Å². The Labute approximate surface area is 137 Å². The van der Waals surface area contributed by atoms with Crippen molar-refractivity contribution in [3.8, 4) is 17.2 Å². The molecule has 1 aromatic rings. The minimum absolute atomic E-state index is 0. The average molecular weight is 333 g/mol. The van der Waals surface area contributed by atoms with E-state index >= 15 is 0 Å². The largest absolute Gasteiger partial charge is 0.493 e. The van der Waals surface area contributed by atoms with Gasteiger partial charge < -0.3 is 24.8 Å². The summed E-state index contributed by atoms with van der Waals surface area (Å²) in [6.07, 6.45) is 0.626. The van der Waals surface area contributed by atoms with E-state index in [0.717, 1.165) is 12.1 Å². The van der Waals surface area contributed by atoms with Crippen molar-refractivity contribution in [2.45, 2.75) is 12.3 Å². The second-order valence-corrected chi connectivity index (χ2v) is 5.01. The van der Waals surface area contributed by atoms with Gasteiger partial charge in [0.1, 0.15) is 0 Å². The SMILES string of the molecule is COc1cc(C(CCN(C)C)C(N)=O)cc(OC)c1OC.Cl. The third-order valence-corrected chi connectivity index (χ3v) is 3.30. The molecule has 0 aromatic heterocycles. The van der Waals surface area contributed by atoms with E-state index in [4.69, 9.17) is 19.9 Å². The second-order valence-electron chi connectivity index (χ2n) is 5.01. The van der Waals surface area contributed by atoms with E-state index in [2.05, 4.69) is 0 Å². The van der Waals surface area contributed by atoms with Gasteiger partial charge in [0.05, 0.1) is 27.2 Å². The Bertz CT molecular complexity index is 469. The summed E-state index contributed by atoms with van der Waals surface area (Å²) in [5, 5.41) is 0. The van der Waals surface area contributed by atoms with Crippen LogP contribution in [0.25, 0.3) is 0 Å². The van der Waals surface area contributed by atoms with Gasteiger partial charge in [-0.1, -0.05) is 0 Å². The summed E-state index contributed by atoms with van der Waals surface area (Å²) in [5.41, 5.74) is 6.30. The molecule has 0 radical (unpaired) electrons. The number of benzene rings is 1. The fourth-order valence-electron chi connectivity index (χ4n) is 2.16. The quantitative estimate of drug-likeness (QED) is 0.783. The molecule has 2 N–H and O–H groups in total. The van der Waals surface area contributed by atoms with E-state index in [1.54, 1.807) is 26.4 Å². The molecular formula is C15H25ClN2O4. The Morgan fingerprint density at radius 1 is 1.14 bits per heavy atom. The first-order valence-electron chi connectivity index (χ1n) is 6.68. The van der Waals surface area contributed by atoms with Crippen LogP contribution in [0.5, 0.6) is 17.2 Å². The van der Waals surface area contributed by atoms with Gasteiger partial charge in [-0.2, -0.15) is 0 Å². The molecule has 7 heteroatoms. The van der Waals surface area contributed by atoms with Crippen molar-refractivity contribution in [2.75, 3.05) is 42.0 Å². The molecule has 0 spiro atoms. The van der Waals surface area contributed by atoms with Gasteiger partial charge >= 0.3 is 0 Å². The van der Waals surface area contributed by atoms with E-state index in [9.17, 15) is 4.79 Å². The van der Waals surface area contributed by atoms with Gasteiger partial charge in [-0.3, -0.25) is 4.79 Å². The highest BCUT2D eigenvalue weighted by molar-refractivity contribution is 5.85. The molecule has 0 aliphatic carbocycles. The topological polar surface area (TPSA) is 74.0 Å². The Hall–Kier alpha value is -1.66. The van der Waals surface area contributed by atoms with Crippen LogP contribution in [-0.4, -0.2) is 52.8 Å². The maximum absolute atomic E-state index is 11.8. The third kappa shape index (κ3) is 4.96.